The third-order valence-electron chi connectivity index (χ3n) is 3.02. The number of amides is 1. The van der Waals surface area contributed by atoms with E-state index < -0.39 is 5.60 Å². The first-order chi connectivity index (χ1) is 9.67. The molecule has 1 fully saturated rings. The van der Waals surface area contributed by atoms with Crippen LogP contribution in [0.1, 0.15) is 39.2 Å². The minimum absolute atomic E-state index is 0.230. The van der Waals surface area contributed by atoms with E-state index in [2.05, 4.69) is 15.9 Å². The van der Waals surface area contributed by atoms with E-state index in [9.17, 15) is 4.79 Å². The number of hydrogen-bond donors (Lipinski definition) is 0. The van der Waals surface area contributed by atoms with E-state index in [4.69, 9.17) is 27.9 Å². The summed E-state index contributed by atoms with van der Waals surface area (Å²) in [6.45, 7) is 5.98. The van der Waals surface area contributed by atoms with Crippen LogP contribution in [-0.4, -0.2) is 22.6 Å². The lowest BCUT2D eigenvalue weighted by Crippen LogP contribution is -2.37. The molecule has 0 bridgehead atoms. The maximum atomic E-state index is 12.3. The molecule has 21 heavy (non-hydrogen) atoms. The van der Waals surface area contributed by atoms with Gasteiger partial charge in [0, 0.05) is 10.5 Å². The van der Waals surface area contributed by atoms with E-state index in [1.807, 2.05) is 26.8 Å². The third-order valence-corrected chi connectivity index (χ3v) is 4.32. The predicted octanol–water partition coefficient (Wildman–Crippen LogP) is 5.66. The number of rotatable bonds is 3. The molecule has 0 unspecified atom stereocenters. The van der Waals surface area contributed by atoms with Crippen LogP contribution >= 0.6 is 39.1 Å². The summed E-state index contributed by atoms with van der Waals surface area (Å²) in [7, 11) is 0. The standard InChI is InChI=1S/C15H18BrCl2NO2/c1-15(2,3)21-14(20)19(11-4-5-11)8-9-6-10(16)7-12(17)13(9)18/h6-7,11H,4-5,8H2,1-3H3. The van der Waals surface area contributed by atoms with Gasteiger partial charge in [-0.1, -0.05) is 39.1 Å². The predicted molar refractivity (Wildman–Crippen MR) is 89.0 cm³/mol. The van der Waals surface area contributed by atoms with Crippen LogP contribution in [0.25, 0.3) is 0 Å². The molecule has 2 rings (SSSR count). The minimum atomic E-state index is -0.511. The molecular weight excluding hydrogens is 377 g/mol. The van der Waals surface area contributed by atoms with Crippen molar-refractivity contribution in [2.45, 2.75) is 51.8 Å². The molecule has 0 saturated heterocycles. The summed E-state index contributed by atoms with van der Waals surface area (Å²) in [4.78, 5) is 14.1. The molecule has 0 N–H and O–H groups in total. The molecule has 0 aliphatic heterocycles. The van der Waals surface area contributed by atoms with E-state index >= 15 is 0 Å². The molecule has 6 heteroatoms. The summed E-state index contributed by atoms with van der Waals surface area (Å²) >= 11 is 15.7. The van der Waals surface area contributed by atoms with E-state index in [0.717, 1.165) is 22.9 Å². The monoisotopic (exact) mass is 393 g/mol. The highest BCUT2D eigenvalue weighted by atomic mass is 79.9. The Morgan fingerprint density at radius 2 is 2.00 bits per heavy atom. The maximum absolute atomic E-state index is 12.3. The van der Waals surface area contributed by atoms with Crippen LogP contribution in [0.3, 0.4) is 0 Å². The van der Waals surface area contributed by atoms with Crippen molar-refractivity contribution < 1.29 is 9.53 Å². The summed E-state index contributed by atoms with van der Waals surface area (Å²) in [5.74, 6) is 0. The number of carbonyl (C=O) groups excluding carboxylic acids is 1. The molecular formula is C15H18BrCl2NO2. The third kappa shape index (κ3) is 4.76. The Bertz CT molecular complexity index is 553. The SMILES string of the molecule is CC(C)(C)OC(=O)N(Cc1cc(Br)cc(Cl)c1Cl)C1CC1. The maximum Gasteiger partial charge on any atom is 0.410 e. The molecule has 3 nitrogen and oxygen atoms in total. The molecule has 0 spiro atoms. The van der Waals surface area contributed by atoms with Crippen molar-refractivity contribution >= 4 is 45.2 Å². The Balaban J connectivity index is 2.19. The van der Waals surface area contributed by atoms with Gasteiger partial charge in [-0.25, -0.2) is 4.79 Å². The van der Waals surface area contributed by atoms with E-state index in [1.165, 1.54) is 0 Å². The number of hydrogen-bond acceptors (Lipinski definition) is 2. The van der Waals surface area contributed by atoms with E-state index in [1.54, 1.807) is 11.0 Å². The summed E-state index contributed by atoms with van der Waals surface area (Å²) in [5, 5.41) is 0.954. The molecule has 1 aromatic carbocycles. The van der Waals surface area contributed by atoms with Gasteiger partial charge >= 0.3 is 6.09 Å². The van der Waals surface area contributed by atoms with Crippen molar-refractivity contribution in [2.75, 3.05) is 0 Å². The Morgan fingerprint density at radius 3 is 2.52 bits per heavy atom. The highest BCUT2D eigenvalue weighted by molar-refractivity contribution is 9.10. The van der Waals surface area contributed by atoms with Gasteiger partial charge in [-0.05, 0) is 51.3 Å². The van der Waals surface area contributed by atoms with Crippen LogP contribution in [0.15, 0.2) is 16.6 Å². The molecule has 1 amide bonds. The fourth-order valence-electron chi connectivity index (χ4n) is 1.96. The largest absolute Gasteiger partial charge is 0.444 e. The van der Waals surface area contributed by atoms with Gasteiger partial charge in [0.2, 0.25) is 0 Å². The van der Waals surface area contributed by atoms with Gasteiger partial charge in [0.05, 0.1) is 16.6 Å². The molecule has 1 aromatic rings. The summed E-state index contributed by atoms with van der Waals surface area (Å²) in [5.41, 5.74) is 0.303. The van der Waals surface area contributed by atoms with Gasteiger partial charge in [0.1, 0.15) is 5.60 Å². The lowest BCUT2D eigenvalue weighted by Gasteiger charge is -2.28. The molecule has 0 radical (unpaired) electrons. The van der Waals surface area contributed by atoms with Crippen molar-refractivity contribution in [1.82, 2.24) is 4.90 Å². The fourth-order valence-corrected chi connectivity index (χ4v) is 3.00. The Kier molecular flexibility index (Phi) is 5.11. The number of nitrogens with zero attached hydrogens (tertiary/aromatic N) is 1. The average Bonchev–Trinajstić information content (AvgIpc) is 3.13. The summed E-state index contributed by atoms with van der Waals surface area (Å²) < 4.78 is 6.31. The second kappa shape index (κ2) is 6.35. The van der Waals surface area contributed by atoms with Crippen LogP contribution < -0.4 is 0 Å². The summed E-state index contributed by atoms with van der Waals surface area (Å²) in [6.07, 6.45) is 1.69. The van der Waals surface area contributed by atoms with Crippen molar-refractivity contribution in [1.29, 1.82) is 0 Å². The smallest absolute Gasteiger partial charge is 0.410 e. The van der Waals surface area contributed by atoms with Crippen molar-refractivity contribution in [3.63, 3.8) is 0 Å². The fraction of sp³-hybridized carbons (Fsp3) is 0.533. The van der Waals surface area contributed by atoms with Gasteiger partial charge < -0.3 is 9.64 Å². The summed E-state index contributed by atoms with van der Waals surface area (Å²) in [6, 6.07) is 3.85. The highest BCUT2D eigenvalue weighted by Gasteiger charge is 2.35. The molecule has 116 valence electrons. The van der Waals surface area contributed by atoms with E-state index in [0.29, 0.717) is 16.6 Å². The second-order valence-electron chi connectivity index (χ2n) is 6.20. The van der Waals surface area contributed by atoms with Crippen LogP contribution in [0.2, 0.25) is 10.0 Å². The number of carbonyl (C=O) groups is 1. The van der Waals surface area contributed by atoms with Crippen molar-refractivity contribution in [3.8, 4) is 0 Å². The normalized spacial score (nSPS) is 15.0. The van der Waals surface area contributed by atoms with E-state index in [-0.39, 0.29) is 12.1 Å². The topological polar surface area (TPSA) is 29.5 Å². The zero-order valence-corrected chi connectivity index (χ0v) is 15.3. The Morgan fingerprint density at radius 1 is 1.38 bits per heavy atom. The van der Waals surface area contributed by atoms with Gasteiger partial charge in [-0.15, -0.1) is 0 Å². The lowest BCUT2D eigenvalue weighted by atomic mass is 10.2. The quantitative estimate of drug-likeness (QED) is 0.619. The molecule has 1 saturated carbocycles. The van der Waals surface area contributed by atoms with Gasteiger partial charge in [-0.3, -0.25) is 0 Å². The first-order valence-corrected chi connectivity index (χ1v) is 8.35. The lowest BCUT2D eigenvalue weighted by molar-refractivity contribution is 0.0217. The first kappa shape index (κ1) is 16.9. The van der Waals surface area contributed by atoms with Crippen molar-refractivity contribution in [2.24, 2.45) is 0 Å². The number of ether oxygens (including phenoxy) is 1. The molecule has 0 heterocycles. The van der Waals surface area contributed by atoms with Crippen LogP contribution in [0.5, 0.6) is 0 Å². The zero-order valence-electron chi connectivity index (χ0n) is 12.3. The Labute approximate surface area is 143 Å². The molecule has 0 aromatic heterocycles. The van der Waals surface area contributed by atoms with Gasteiger partial charge in [0.25, 0.3) is 0 Å². The zero-order chi connectivity index (χ0) is 15.8. The van der Waals surface area contributed by atoms with Crippen LogP contribution in [-0.2, 0) is 11.3 Å². The average molecular weight is 395 g/mol. The van der Waals surface area contributed by atoms with Crippen LogP contribution in [0.4, 0.5) is 4.79 Å². The molecule has 1 aliphatic rings. The molecule has 0 atom stereocenters. The van der Waals surface area contributed by atoms with Crippen molar-refractivity contribution in [3.05, 3.63) is 32.2 Å². The minimum Gasteiger partial charge on any atom is -0.444 e. The number of halogens is 3. The Hall–Kier alpha value is -0.450. The van der Waals surface area contributed by atoms with Crippen LogP contribution in [0, 0.1) is 0 Å². The second-order valence-corrected chi connectivity index (χ2v) is 7.90. The first-order valence-electron chi connectivity index (χ1n) is 6.80. The van der Waals surface area contributed by atoms with Gasteiger partial charge in [-0.2, -0.15) is 0 Å². The van der Waals surface area contributed by atoms with Gasteiger partial charge in [0.15, 0.2) is 0 Å². The molecule has 1 aliphatic carbocycles. The number of benzene rings is 1. The highest BCUT2D eigenvalue weighted by Crippen LogP contribution is 2.34.